The molecular weight excluding hydrogens is 1230 g/mol. The van der Waals surface area contributed by atoms with Gasteiger partial charge in [0.1, 0.15) is 66.1 Å². The van der Waals surface area contributed by atoms with Crippen molar-refractivity contribution in [2.24, 2.45) is 28.7 Å². The fourth-order valence-corrected chi connectivity index (χ4v) is 9.60. The van der Waals surface area contributed by atoms with E-state index >= 15 is 0 Å². The van der Waals surface area contributed by atoms with Gasteiger partial charge in [-0.2, -0.15) is 0 Å². The molecule has 10 atom stereocenters. The number of hydrogen-bond donors (Lipinski definition) is 18. The number of benzene rings is 5. The molecule has 506 valence electrons. The Kier molecular flexibility index (Phi) is 29.7. The van der Waals surface area contributed by atoms with E-state index in [1.165, 1.54) is 43.3 Å². The van der Waals surface area contributed by atoms with Gasteiger partial charge in [0.05, 0.1) is 24.9 Å². The van der Waals surface area contributed by atoms with Crippen molar-refractivity contribution in [3.05, 3.63) is 167 Å². The molecule has 5 aromatic rings. The van der Waals surface area contributed by atoms with Crippen molar-refractivity contribution in [3.8, 4) is 11.5 Å². The Bertz CT molecular complexity index is 3440. The van der Waals surface area contributed by atoms with E-state index in [0.717, 1.165) is 0 Å². The number of phenols is 2. The number of carbonyl (C=O) groups excluding carboxylic acids is 12. The van der Waals surface area contributed by atoms with E-state index in [1.54, 1.807) is 103 Å². The number of nitrogens with one attached hydrogen (secondary N) is 11. The van der Waals surface area contributed by atoms with Gasteiger partial charge in [-0.3, -0.25) is 58.1 Å². The highest BCUT2D eigenvalue weighted by molar-refractivity contribution is 5.99. The SMILES string of the molecule is C[C@H](NC(=O)[C@H](CC(N)=O)NC(=O)[C@H](Cc1ccccc1)NC(=O)[C@H](Cc1ccccc1)NC(=O)[C@H](CCCNC(=N)N)NC(=O)[C@H](CN)NC(=O)[C@@H](N)Cc1ccc(O)cc1)C(=O)N[C@@H](Cc1ccccc1)C(=O)N[C@H](C=O)CC(=O)N[C@@H](Cc1ccc(O)cc1)C(N)=O. The number of aromatic hydroxyl groups is 2. The van der Waals surface area contributed by atoms with Gasteiger partial charge in [0, 0.05) is 38.8 Å². The van der Waals surface area contributed by atoms with Gasteiger partial charge in [-0.15, -0.1) is 0 Å². The number of guanidine groups is 1. The summed E-state index contributed by atoms with van der Waals surface area (Å²) in [5.41, 5.74) is 31.5. The normalized spacial score (nSPS) is 14.0. The van der Waals surface area contributed by atoms with Crippen molar-refractivity contribution in [3.63, 3.8) is 0 Å². The Morgan fingerprint density at radius 2 is 0.821 bits per heavy atom. The summed E-state index contributed by atoms with van der Waals surface area (Å²) in [4.78, 5) is 163. The van der Waals surface area contributed by atoms with Crippen LogP contribution in [0.3, 0.4) is 0 Å². The van der Waals surface area contributed by atoms with E-state index < -0.39 is 145 Å². The zero-order chi connectivity index (χ0) is 69.6. The van der Waals surface area contributed by atoms with Crippen LogP contribution in [0.1, 0.15) is 60.4 Å². The number of aldehydes is 1. The monoisotopic (exact) mass is 1310 g/mol. The number of amides is 11. The van der Waals surface area contributed by atoms with E-state index in [2.05, 4.69) is 53.2 Å². The van der Waals surface area contributed by atoms with Crippen LogP contribution in [0, 0.1) is 5.41 Å². The van der Waals surface area contributed by atoms with Crippen molar-refractivity contribution in [2.45, 2.75) is 125 Å². The summed E-state index contributed by atoms with van der Waals surface area (Å²) in [7, 11) is 0. The minimum absolute atomic E-state index is 0.000186. The molecule has 0 bridgehead atoms. The first kappa shape index (κ1) is 74.5. The molecule has 11 amide bonds. The maximum atomic E-state index is 14.8. The van der Waals surface area contributed by atoms with Crippen LogP contribution in [0.15, 0.2) is 140 Å². The van der Waals surface area contributed by atoms with Gasteiger partial charge in [0.2, 0.25) is 65.0 Å². The lowest BCUT2D eigenvalue weighted by Crippen LogP contribution is -2.61. The zero-order valence-corrected chi connectivity index (χ0v) is 52.1. The number of primary amides is 2. The smallest absolute Gasteiger partial charge is 0.244 e. The third-order valence-electron chi connectivity index (χ3n) is 14.7. The summed E-state index contributed by atoms with van der Waals surface area (Å²) in [6.45, 7) is 0.859. The zero-order valence-electron chi connectivity index (χ0n) is 52.1. The van der Waals surface area contributed by atoms with E-state index in [0.29, 0.717) is 27.8 Å². The highest BCUT2D eigenvalue weighted by atomic mass is 16.3. The Hall–Kier alpha value is -11.3. The summed E-state index contributed by atoms with van der Waals surface area (Å²) in [5.74, 6) is -10.8. The molecule has 0 radical (unpaired) electrons. The molecule has 0 heterocycles. The van der Waals surface area contributed by atoms with Crippen molar-refractivity contribution >= 4 is 77.2 Å². The van der Waals surface area contributed by atoms with Crippen molar-refractivity contribution < 1.29 is 67.7 Å². The maximum absolute atomic E-state index is 14.8. The Morgan fingerprint density at radius 1 is 0.442 bits per heavy atom. The van der Waals surface area contributed by atoms with Crippen LogP contribution >= 0.6 is 0 Å². The average molecular weight is 1310 g/mol. The number of hydrogen-bond acceptors (Lipinski definition) is 17. The fraction of sp³-hybridized carbons (Fsp3) is 0.338. The highest BCUT2D eigenvalue weighted by Crippen LogP contribution is 2.15. The van der Waals surface area contributed by atoms with Gasteiger partial charge in [0.25, 0.3) is 0 Å². The lowest BCUT2D eigenvalue weighted by Gasteiger charge is -2.28. The van der Waals surface area contributed by atoms with Gasteiger partial charge in [-0.25, -0.2) is 0 Å². The number of carbonyl (C=O) groups is 12. The van der Waals surface area contributed by atoms with Crippen LogP contribution in [0.4, 0.5) is 0 Å². The second kappa shape index (κ2) is 37.9. The first-order valence-corrected chi connectivity index (χ1v) is 30.3. The number of nitrogens with two attached hydrogens (primary N) is 5. The van der Waals surface area contributed by atoms with E-state index in [4.69, 9.17) is 34.1 Å². The van der Waals surface area contributed by atoms with Crippen molar-refractivity contribution in [1.29, 1.82) is 5.41 Å². The van der Waals surface area contributed by atoms with Crippen LogP contribution < -0.4 is 81.8 Å². The molecule has 0 fully saturated rings. The molecule has 0 aliphatic carbocycles. The van der Waals surface area contributed by atoms with Crippen LogP contribution in [-0.2, 0) is 89.6 Å². The molecule has 5 aromatic carbocycles. The lowest BCUT2D eigenvalue weighted by atomic mass is 10.0. The van der Waals surface area contributed by atoms with E-state index in [9.17, 15) is 67.7 Å². The third kappa shape index (κ3) is 26.1. The number of phenolic OH excluding ortho intramolecular Hbond substituents is 2. The van der Waals surface area contributed by atoms with Gasteiger partial charge in [-0.05, 0) is 78.3 Å². The molecule has 23 N–H and O–H groups in total. The second-order valence-electron chi connectivity index (χ2n) is 22.4. The summed E-state index contributed by atoms with van der Waals surface area (Å²) in [5, 5.41) is 52.2. The van der Waals surface area contributed by atoms with Gasteiger partial charge < -0.3 is 96.8 Å². The van der Waals surface area contributed by atoms with Crippen LogP contribution in [0.25, 0.3) is 0 Å². The van der Waals surface area contributed by atoms with Crippen molar-refractivity contribution in [2.75, 3.05) is 13.1 Å². The van der Waals surface area contributed by atoms with E-state index in [-0.39, 0.29) is 75.2 Å². The first-order chi connectivity index (χ1) is 45.3. The quantitative estimate of drug-likeness (QED) is 0.00789. The summed E-state index contributed by atoms with van der Waals surface area (Å²) in [6, 6.07) is 22.2. The molecular formula is C65H82N16O14. The molecule has 5 rings (SSSR count). The summed E-state index contributed by atoms with van der Waals surface area (Å²) < 4.78 is 0. The molecule has 30 nitrogen and oxygen atoms in total. The van der Waals surface area contributed by atoms with Crippen LogP contribution in [0.5, 0.6) is 11.5 Å². The van der Waals surface area contributed by atoms with Crippen LogP contribution in [0.2, 0.25) is 0 Å². The van der Waals surface area contributed by atoms with Crippen LogP contribution in [-0.4, -0.2) is 161 Å². The molecule has 0 saturated heterocycles. The Balaban J connectivity index is 1.33. The Labute approximate surface area is 547 Å². The molecule has 0 aliphatic rings. The first-order valence-electron chi connectivity index (χ1n) is 30.3. The molecule has 30 heteroatoms. The number of rotatable bonds is 38. The standard InChI is InChI=1S/C65H82N16O14/c1-37(57(88)77-49(30-38-12-5-2-6-13-38)61(92)74-43(36-82)33-55(86)75-48(56(69)87)29-42-21-25-45(84)26-22-42)73-60(91)52(34-54(68)85)80-63(94)51(32-40-16-9-4-10-17-40)79-62(93)50(31-39-14-7-3-8-15-39)78-59(90)47(18-11-27-72-65(70)71)76-64(95)53(35-66)81-58(89)46(67)28-41-19-23-44(83)24-20-41/h2-10,12-17,19-26,36-37,43,46-53,83-84H,11,18,27-35,66-67H2,1H3,(H2,68,85)(H2,69,87)(H,73,91)(H,74,92)(H,75,86)(H,76,95)(H,77,88)(H,78,90)(H,79,93)(H,80,94)(H,81,89)(H4,70,71,72)/t37-,43-,46-,47-,48-,49-,50-,51-,52-,53-/m0/s1. The highest BCUT2D eigenvalue weighted by Gasteiger charge is 2.35. The molecule has 95 heavy (non-hydrogen) atoms. The summed E-state index contributed by atoms with van der Waals surface area (Å²) >= 11 is 0. The Morgan fingerprint density at radius 3 is 1.26 bits per heavy atom. The predicted molar refractivity (Wildman–Crippen MR) is 347 cm³/mol. The maximum Gasteiger partial charge on any atom is 0.244 e. The van der Waals surface area contributed by atoms with E-state index in [1.807, 2.05) is 0 Å². The topological polar surface area (TPSA) is 520 Å². The molecule has 0 saturated carbocycles. The second-order valence-corrected chi connectivity index (χ2v) is 22.4. The van der Waals surface area contributed by atoms with Gasteiger partial charge in [0.15, 0.2) is 5.96 Å². The minimum Gasteiger partial charge on any atom is -0.508 e. The largest absolute Gasteiger partial charge is 0.508 e. The van der Waals surface area contributed by atoms with Crippen molar-refractivity contribution in [1.82, 2.24) is 53.2 Å². The average Bonchev–Trinajstić information content (AvgIpc) is 0.968. The van der Waals surface area contributed by atoms with Gasteiger partial charge in [-0.1, -0.05) is 115 Å². The lowest BCUT2D eigenvalue weighted by molar-refractivity contribution is -0.136. The molecule has 0 aliphatic heterocycles. The predicted octanol–water partition coefficient (Wildman–Crippen LogP) is -3.51. The summed E-state index contributed by atoms with van der Waals surface area (Å²) in [6.07, 6.45) is -1.85. The molecule has 0 spiro atoms. The fourth-order valence-electron chi connectivity index (χ4n) is 9.60. The molecule has 0 aromatic heterocycles. The third-order valence-corrected chi connectivity index (χ3v) is 14.7. The molecule has 0 unspecified atom stereocenters. The van der Waals surface area contributed by atoms with Gasteiger partial charge >= 0.3 is 0 Å². The minimum atomic E-state index is -1.80.